The Morgan fingerprint density at radius 1 is 1.23 bits per heavy atom. The number of thiazole rings is 1. The molecule has 0 aliphatic carbocycles. The van der Waals surface area contributed by atoms with Crippen LogP contribution in [0.25, 0.3) is 10.4 Å². The molecule has 4 rings (SSSR count). The molecule has 118 valence electrons. The summed E-state index contributed by atoms with van der Waals surface area (Å²) in [6, 6.07) is 10.6. The minimum Gasteiger partial charge on any atom is -0.316 e. The standard InChI is InChI=1S/C17H21N3S.ClH/c1-2-4-14(5-3-1)15-10-19-16(21-15)11-20-9-7-17(13-20)6-8-18-12-17;/h1-5,10,18H,6-9,11-13H2;1H. The van der Waals surface area contributed by atoms with E-state index in [0.717, 1.165) is 6.54 Å². The van der Waals surface area contributed by atoms with E-state index in [0.29, 0.717) is 5.41 Å². The van der Waals surface area contributed by atoms with E-state index in [1.54, 1.807) is 0 Å². The maximum Gasteiger partial charge on any atom is 0.107 e. The summed E-state index contributed by atoms with van der Waals surface area (Å²) in [6.45, 7) is 5.88. The third-order valence-corrected chi connectivity index (χ3v) is 5.85. The van der Waals surface area contributed by atoms with Crippen LogP contribution in [0.5, 0.6) is 0 Å². The van der Waals surface area contributed by atoms with Gasteiger partial charge in [-0.1, -0.05) is 30.3 Å². The van der Waals surface area contributed by atoms with Crippen LogP contribution in [0.2, 0.25) is 0 Å². The number of benzene rings is 1. The first-order chi connectivity index (χ1) is 10.3. The molecule has 1 aromatic carbocycles. The minimum absolute atomic E-state index is 0. The molecule has 22 heavy (non-hydrogen) atoms. The van der Waals surface area contributed by atoms with Crippen LogP contribution in [-0.4, -0.2) is 36.1 Å². The predicted octanol–water partition coefficient (Wildman–Crippen LogP) is 3.42. The Labute approximate surface area is 142 Å². The Morgan fingerprint density at radius 2 is 2.09 bits per heavy atom. The van der Waals surface area contributed by atoms with Gasteiger partial charge in [-0.3, -0.25) is 4.90 Å². The van der Waals surface area contributed by atoms with Crippen molar-refractivity contribution in [2.75, 3.05) is 26.2 Å². The van der Waals surface area contributed by atoms with E-state index in [4.69, 9.17) is 0 Å². The highest BCUT2D eigenvalue weighted by molar-refractivity contribution is 7.15. The molecule has 0 amide bonds. The second kappa shape index (κ2) is 6.67. The largest absolute Gasteiger partial charge is 0.316 e. The van der Waals surface area contributed by atoms with Gasteiger partial charge in [-0.15, -0.1) is 23.7 Å². The van der Waals surface area contributed by atoms with Gasteiger partial charge in [0, 0.05) is 19.3 Å². The highest BCUT2D eigenvalue weighted by Gasteiger charge is 2.40. The Bertz CT molecular complexity index is 607. The number of likely N-dealkylation sites (tertiary alicyclic amines) is 1. The summed E-state index contributed by atoms with van der Waals surface area (Å²) in [5, 5.41) is 4.77. The fourth-order valence-electron chi connectivity index (χ4n) is 3.62. The summed E-state index contributed by atoms with van der Waals surface area (Å²) in [7, 11) is 0. The van der Waals surface area contributed by atoms with Crippen molar-refractivity contribution < 1.29 is 0 Å². The van der Waals surface area contributed by atoms with Crippen LogP contribution < -0.4 is 5.32 Å². The first-order valence-electron chi connectivity index (χ1n) is 7.76. The quantitative estimate of drug-likeness (QED) is 0.931. The van der Waals surface area contributed by atoms with Crippen molar-refractivity contribution in [3.8, 4) is 10.4 Å². The number of rotatable bonds is 3. The molecule has 3 nitrogen and oxygen atoms in total. The monoisotopic (exact) mass is 335 g/mol. The third-order valence-electron chi connectivity index (χ3n) is 4.82. The van der Waals surface area contributed by atoms with Crippen LogP contribution in [0.4, 0.5) is 0 Å². The first-order valence-corrected chi connectivity index (χ1v) is 8.58. The zero-order valence-electron chi connectivity index (χ0n) is 12.6. The smallest absolute Gasteiger partial charge is 0.107 e. The number of aromatic nitrogens is 1. The van der Waals surface area contributed by atoms with E-state index in [-0.39, 0.29) is 12.4 Å². The summed E-state index contributed by atoms with van der Waals surface area (Å²) >= 11 is 1.84. The maximum atomic E-state index is 4.63. The number of halogens is 1. The first kappa shape index (κ1) is 15.9. The molecule has 2 saturated heterocycles. The summed E-state index contributed by atoms with van der Waals surface area (Å²) in [6.07, 6.45) is 4.71. The molecule has 0 radical (unpaired) electrons. The molecule has 2 aliphatic rings. The second-order valence-electron chi connectivity index (χ2n) is 6.37. The molecule has 2 fully saturated rings. The van der Waals surface area contributed by atoms with Crippen LogP contribution in [0, 0.1) is 5.41 Å². The van der Waals surface area contributed by atoms with Crippen LogP contribution in [0.15, 0.2) is 36.5 Å². The predicted molar refractivity (Wildman–Crippen MR) is 94.6 cm³/mol. The van der Waals surface area contributed by atoms with Crippen LogP contribution >= 0.6 is 23.7 Å². The third kappa shape index (κ3) is 3.20. The van der Waals surface area contributed by atoms with E-state index in [9.17, 15) is 0 Å². The van der Waals surface area contributed by atoms with Crippen molar-refractivity contribution in [1.29, 1.82) is 0 Å². The normalized spacial score (nSPS) is 24.7. The molecule has 1 atom stereocenters. The average Bonchev–Trinajstić information content (AvgIpc) is 3.24. The molecule has 0 bridgehead atoms. The van der Waals surface area contributed by atoms with E-state index in [1.807, 2.05) is 17.5 Å². The van der Waals surface area contributed by atoms with Crippen molar-refractivity contribution in [1.82, 2.24) is 15.2 Å². The van der Waals surface area contributed by atoms with E-state index >= 15 is 0 Å². The van der Waals surface area contributed by atoms with Crippen molar-refractivity contribution >= 4 is 23.7 Å². The Hall–Kier alpha value is -0.940. The molecule has 1 spiro atoms. The van der Waals surface area contributed by atoms with Crippen LogP contribution in [0.1, 0.15) is 17.8 Å². The molecule has 1 unspecified atom stereocenters. The van der Waals surface area contributed by atoms with Crippen molar-refractivity contribution in [2.45, 2.75) is 19.4 Å². The Balaban J connectivity index is 0.00000144. The highest BCUT2D eigenvalue weighted by atomic mass is 35.5. The number of hydrogen-bond donors (Lipinski definition) is 1. The lowest BCUT2D eigenvalue weighted by Gasteiger charge is -2.22. The van der Waals surface area contributed by atoms with Gasteiger partial charge in [-0.05, 0) is 36.9 Å². The lowest BCUT2D eigenvalue weighted by molar-refractivity contribution is 0.268. The van der Waals surface area contributed by atoms with Gasteiger partial charge in [0.05, 0.1) is 11.4 Å². The summed E-state index contributed by atoms with van der Waals surface area (Å²) in [4.78, 5) is 8.50. The van der Waals surface area contributed by atoms with Gasteiger partial charge in [-0.25, -0.2) is 4.98 Å². The Morgan fingerprint density at radius 3 is 2.86 bits per heavy atom. The Kier molecular flexibility index (Phi) is 4.83. The summed E-state index contributed by atoms with van der Waals surface area (Å²) in [5.74, 6) is 0. The molecule has 5 heteroatoms. The number of hydrogen-bond acceptors (Lipinski definition) is 4. The van der Waals surface area contributed by atoms with Crippen molar-refractivity contribution in [3.05, 3.63) is 41.5 Å². The summed E-state index contributed by atoms with van der Waals surface area (Å²) in [5.41, 5.74) is 1.83. The topological polar surface area (TPSA) is 28.2 Å². The van der Waals surface area contributed by atoms with Gasteiger partial charge < -0.3 is 5.32 Å². The molecule has 2 aromatic rings. The second-order valence-corrected chi connectivity index (χ2v) is 7.49. The van der Waals surface area contributed by atoms with Crippen LogP contribution in [-0.2, 0) is 6.54 Å². The number of nitrogens with one attached hydrogen (secondary N) is 1. The van der Waals surface area contributed by atoms with Crippen molar-refractivity contribution in [2.24, 2.45) is 5.41 Å². The van der Waals surface area contributed by atoms with Gasteiger partial charge in [0.15, 0.2) is 0 Å². The molecule has 0 saturated carbocycles. The average molecular weight is 336 g/mol. The fraction of sp³-hybridized carbons (Fsp3) is 0.471. The zero-order valence-corrected chi connectivity index (χ0v) is 14.3. The van der Waals surface area contributed by atoms with E-state index < -0.39 is 0 Å². The highest BCUT2D eigenvalue weighted by Crippen LogP contribution is 2.37. The van der Waals surface area contributed by atoms with Gasteiger partial charge in [0.1, 0.15) is 5.01 Å². The minimum atomic E-state index is 0. The molecule has 3 heterocycles. The van der Waals surface area contributed by atoms with Crippen LogP contribution in [0.3, 0.4) is 0 Å². The fourth-order valence-corrected chi connectivity index (χ4v) is 4.58. The summed E-state index contributed by atoms with van der Waals surface area (Å²) < 4.78 is 0. The van der Waals surface area contributed by atoms with E-state index in [2.05, 4.69) is 45.5 Å². The van der Waals surface area contributed by atoms with Gasteiger partial charge in [-0.2, -0.15) is 0 Å². The number of nitrogens with zero attached hydrogens (tertiary/aromatic N) is 2. The molecular formula is C17H22ClN3S. The lowest BCUT2D eigenvalue weighted by Crippen LogP contribution is -2.28. The molecule has 2 aliphatic heterocycles. The lowest BCUT2D eigenvalue weighted by atomic mass is 9.87. The van der Waals surface area contributed by atoms with Crippen molar-refractivity contribution in [3.63, 3.8) is 0 Å². The van der Waals surface area contributed by atoms with Gasteiger partial charge in [0.2, 0.25) is 0 Å². The SMILES string of the molecule is Cl.c1ccc(-c2cnc(CN3CCC4(CCNC4)C3)s2)cc1. The molecule has 1 aromatic heterocycles. The molecule has 1 N–H and O–H groups in total. The van der Waals surface area contributed by atoms with Gasteiger partial charge in [0.25, 0.3) is 0 Å². The van der Waals surface area contributed by atoms with Gasteiger partial charge >= 0.3 is 0 Å². The van der Waals surface area contributed by atoms with E-state index in [1.165, 1.54) is 54.5 Å². The maximum absolute atomic E-state index is 4.63. The molecular weight excluding hydrogens is 314 g/mol. The zero-order chi connectivity index (χ0) is 14.1.